The third kappa shape index (κ3) is 2.04. The molecule has 0 saturated carbocycles. The Morgan fingerprint density at radius 2 is 2.00 bits per heavy atom. The number of benzene rings is 1. The van der Waals surface area contributed by atoms with Gasteiger partial charge >= 0.3 is 0 Å². The Bertz CT molecular complexity index is 985. The first kappa shape index (κ1) is 14.1. The van der Waals surface area contributed by atoms with E-state index >= 15 is 0 Å². The van der Waals surface area contributed by atoms with Gasteiger partial charge in [-0.05, 0) is 43.8 Å². The van der Waals surface area contributed by atoms with Crippen molar-refractivity contribution in [1.29, 1.82) is 0 Å². The lowest BCUT2D eigenvalue weighted by atomic mass is 10.2. The van der Waals surface area contributed by atoms with Crippen LogP contribution in [0.3, 0.4) is 0 Å². The molecule has 3 rings (SSSR count). The molecule has 0 fully saturated rings. The Labute approximate surface area is 127 Å². The number of aromatic nitrogens is 2. The molecule has 0 aliphatic heterocycles. The van der Waals surface area contributed by atoms with E-state index in [-0.39, 0.29) is 10.5 Å². The third-order valence-electron chi connectivity index (χ3n) is 3.40. The predicted octanol–water partition coefficient (Wildman–Crippen LogP) is 4.00. The standard InChI is InChI=1S/C14H10F2N2OS2/c1-6-7(2)21-12-10(6)13(19)18(14(20)17-12)9-5-3-4-8(15)11(9)16/h3-5H,1-2H3,(H,17,20). The molecule has 0 atom stereocenters. The van der Waals surface area contributed by atoms with Crippen molar-refractivity contribution in [3.8, 4) is 5.69 Å². The van der Waals surface area contributed by atoms with Crippen LogP contribution in [0.4, 0.5) is 8.78 Å². The monoisotopic (exact) mass is 324 g/mol. The van der Waals surface area contributed by atoms with Crippen LogP contribution in [0.1, 0.15) is 10.4 Å². The summed E-state index contributed by atoms with van der Waals surface area (Å²) in [6.45, 7) is 3.71. The maximum Gasteiger partial charge on any atom is 0.268 e. The quantitative estimate of drug-likeness (QED) is 0.687. The van der Waals surface area contributed by atoms with Crippen LogP contribution in [-0.2, 0) is 0 Å². The molecule has 7 heteroatoms. The molecule has 2 heterocycles. The zero-order chi connectivity index (χ0) is 15.3. The van der Waals surface area contributed by atoms with Gasteiger partial charge in [-0.25, -0.2) is 13.3 Å². The summed E-state index contributed by atoms with van der Waals surface area (Å²) in [6.07, 6.45) is 0. The summed E-state index contributed by atoms with van der Waals surface area (Å²) >= 11 is 6.54. The number of nitrogens with zero attached hydrogens (tertiary/aromatic N) is 1. The van der Waals surface area contributed by atoms with Crippen molar-refractivity contribution in [3.05, 3.63) is 55.4 Å². The summed E-state index contributed by atoms with van der Waals surface area (Å²) in [4.78, 5) is 17.2. The van der Waals surface area contributed by atoms with Crippen molar-refractivity contribution >= 4 is 33.8 Å². The molecular weight excluding hydrogens is 314 g/mol. The van der Waals surface area contributed by atoms with Crippen molar-refractivity contribution in [1.82, 2.24) is 9.55 Å². The summed E-state index contributed by atoms with van der Waals surface area (Å²) < 4.78 is 28.4. The van der Waals surface area contributed by atoms with Gasteiger partial charge in [-0.2, -0.15) is 0 Å². The van der Waals surface area contributed by atoms with E-state index in [0.29, 0.717) is 10.2 Å². The number of hydrogen-bond donors (Lipinski definition) is 1. The second kappa shape index (κ2) is 4.85. The smallest absolute Gasteiger partial charge is 0.268 e. The fourth-order valence-corrected chi connectivity index (χ4v) is 3.61. The zero-order valence-electron chi connectivity index (χ0n) is 11.2. The molecule has 108 valence electrons. The molecule has 0 saturated heterocycles. The van der Waals surface area contributed by atoms with Crippen LogP contribution < -0.4 is 5.56 Å². The molecule has 0 aliphatic carbocycles. The van der Waals surface area contributed by atoms with Crippen LogP contribution in [-0.4, -0.2) is 9.55 Å². The highest BCUT2D eigenvalue weighted by molar-refractivity contribution is 7.71. The average molecular weight is 324 g/mol. The minimum Gasteiger partial charge on any atom is -0.323 e. The Kier molecular flexibility index (Phi) is 3.26. The van der Waals surface area contributed by atoms with Crippen molar-refractivity contribution in [2.75, 3.05) is 0 Å². The molecule has 0 amide bonds. The molecule has 0 radical (unpaired) electrons. The van der Waals surface area contributed by atoms with E-state index in [9.17, 15) is 13.6 Å². The Morgan fingerprint density at radius 3 is 2.71 bits per heavy atom. The lowest BCUT2D eigenvalue weighted by Gasteiger charge is -2.08. The van der Waals surface area contributed by atoms with Gasteiger partial charge < -0.3 is 4.98 Å². The maximum atomic E-state index is 14.0. The van der Waals surface area contributed by atoms with Gasteiger partial charge in [-0.1, -0.05) is 6.07 Å². The minimum atomic E-state index is -1.09. The fraction of sp³-hybridized carbons (Fsp3) is 0.143. The first-order valence-electron chi connectivity index (χ1n) is 6.11. The van der Waals surface area contributed by atoms with Gasteiger partial charge in [0.15, 0.2) is 16.4 Å². The van der Waals surface area contributed by atoms with Gasteiger partial charge in [0.05, 0.1) is 11.1 Å². The van der Waals surface area contributed by atoms with Gasteiger partial charge in [0.1, 0.15) is 4.83 Å². The van der Waals surface area contributed by atoms with E-state index in [2.05, 4.69) is 4.98 Å². The van der Waals surface area contributed by atoms with E-state index < -0.39 is 17.2 Å². The van der Waals surface area contributed by atoms with E-state index in [1.807, 2.05) is 13.8 Å². The highest BCUT2D eigenvalue weighted by atomic mass is 32.1. The van der Waals surface area contributed by atoms with Crippen molar-refractivity contribution in [3.63, 3.8) is 0 Å². The van der Waals surface area contributed by atoms with E-state index in [0.717, 1.165) is 21.1 Å². The zero-order valence-corrected chi connectivity index (χ0v) is 12.8. The van der Waals surface area contributed by atoms with Gasteiger partial charge in [0.25, 0.3) is 5.56 Å². The second-order valence-electron chi connectivity index (χ2n) is 4.63. The van der Waals surface area contributed by atoms with Gasteiger partial charge in [0, 0.05) is 4.88 Å². The number of H-pyrrole nitrogens is 1. The average Bonchev–Trinajstić information content (AvgIpc) is 2.70. The highest BCUT2D eigenvalue weighted by Crippen LogP contribution is 2.26. The summed E-state index contributed by atoms with van der Waals surface area (Å²) in [7, 11) is 0. The van der Waals surface area contributed by atoms with E-state index in [4.69, 9.17) is 12.2 Å². The van der Waals surface area contributed by atoms with Crippen molar-refractivity contribution < 1.29 is 8.78 Å². The summed E-state index contributed by atoms with van der Waals surface area (Å²) in [5.41, 5.74) is 0.184. The van der Waals surface area contributed by atoms with Crippen LogP contribution >= 0.6 is 23.6 Å². The first-order valence-corrected chi connectivity index (χ1v) is 7.33. The van der Waals surface area contributed by atoms with Crippen molar-refractivity contribution in [2.24, 2.45) is 0 Å². The molecule has 0 spiro atoms. The maximum absolute atomic E-state index is 14.0. The molecule has 2 aromatic heterocycles. The molecule has 0 bridgehead atoms. The van der Waals surface area contributed by atoms with Crippen LogP contribution in [0.5, 0.6) is 0 Å². The van der Waals surface area contributed by atoms with Crippen LogP contribution in [0, 0.1) is 30.3 Å². The molecular formula is C14H10F2N2OS2. The van der Waals surface area contributed by atoms with Crippen LogP contribution in [0.15, 0.2) is 23.0 Å². The molecule has 21 heavy (non-hydrogen) atoms. The molecule has 1 N–H and O–H groups in total. The largest absolute Gasteiger partial charge is 0.323 e. The first-order chi connectivity index (χ1) is 9.91. The molecule has 3 nitrogen and oxygen atoms in total. The number of rotatable bonds is 1. The van der Waals surface area contributed by atoms with Gasteiger partial charge in [-0.3, -0.25) is 4.79 Å². The van der Waals surface area contributed by atoms with E-state index in [1.54, 1.807) is 0 Å². The minimum absolute atomic E-state index is 0.0400. The molecule has 0 unspecified atom stereocenters. The lowest BCUT2D eigenvalue weighted by Crippen LogP contribution is -2.21. The van der Waals surface area contributed by atoms with Gasteiger partial charge in [-0.15, -0.1) is 11.3 Å². The number of thiophene rings is 1. The number of aryl methyl sites for hydroxylation is 2. The number of aromatic amines is 1. The number of halogens is 2. The predicted molar refractivity (Wildman–Crippen MR) is 82.0 cm³/mol. The van der Waals surface area contributed by atoms with Gasteiger partial charge in [0.2, 0.25) is 0 Å². The number of hydrogen-bond acceptors (Lipinski definition) is 3. The summed E-state index contributed by atoms with van der Waals surface area (Å²) in [5.74, 6) is -2.12. The number of nitrogens with one attached hydrogen (secondary N) is 1. The SMILES string of the molecule is Cc1sc2[nH]c(=S)n(-c3cccc(F)c3F)c(=O)c2c1C. The highest BCUT2D eigenvalue weighted by Gasteiger charge is 2.17. The van der Waals surface area contributed by atoms with Crippen molar-refractivity contribution in [2.45, 2.75) is 13.8 Å². The second-order valence-corrected chi connectivity index (χ2v) is 6.24. The van der Waals surface area contributed by atoms with Crippen LogP contribution in [0.2, 0.25) is 0 Å². The fourth-order valence-electron chi connectivity index (χ4n) is 2.21. The van der Waals surface area contributed by atoms with Crippen LogP contribution in [0.25, 0.3) is 15.9 Å². The summed E-state index contributed by atoms with van der Waals surface area (Å²) in [6, 6.07) is 3.66. The topological polar surface area (TPSA) is 37.8 Å². The Balaban J connectivity index is 2.49. The molecule has 0 aliphatic rings. The lowest BCUT2D eigenvalue weighted by molar-refractivity contribution is 0.503. The normalized spacial score (nSPS) is 11.2. The third-order valence-corrected chi connectivity index (χ3v) is 4.81. The Hall–Kier alpha value is -1.86. The molecule has 1 aromatic carbocycles. The summed E-state index contributed by atoms with van der Waals surface area (Å²) in [5, 5.41) is 0.453. The molecule has 3 aromatic rings. The Morgan fingerprint density at radius 1 is 1.29 bits per heavy atom. The van der Waals surface area contributed by atoms with E-state index in [1.165, 1.54) is 23.5 Å². The number of fused-ring (bicyclic) bond motifs is 1.